The van der Waals surface area contributed by atoms with E-state index in [9.17, 15) is 77.0 Å². The number of aromatic nitrogens is 10. The number of fused-ring (bicyclic) bond motifs is 2. The van der Waals surface area contributed by atoms with Gasteiger partial charge in [-0.3, -0.25) is 51.4 Å². The van der Waals surface area contributed by atoms with Gasteiger partial charge in [-0.25, -0.2) is 42.1 Å². The molecule has 0 aliphatic carbocycles. The van der Waals surface area contributed by atoms with E-state index in [-0.39, 0.29) is 47.1 Å². The second-order valence-corrected chi connectivity index (χ2v) is 26.9. The number of aliphatic hydroxyl groups excluding tert-OH is 3. The highest BCUT2D eigenvalue weighted by Crippen LogP contribution is 2.70. The molecular formula is C35H51N12O26P5. The number of hydrogen-bond donors (Lipinski definition) is 11. The number of methoxy groups -OCH3 is 2. The standard InChI is InChI=1S/C35H51N12O26P5/c1-44-13-47(29-21(44)30(52)43-34(37)42-29)31-22(49)15(5-7-64-2)16(69-31)8-67-77(60,61)72-74(54,55)14-75(56,57)73-78(62,63)68-10-18-26(25(65-3)33(71-18)46-12-40-20-27(36)38-11-39-28(20)46)76(58,59)66-9-17-23(50)24(51)32(70-17)45-6-4-19(48)41-35(45)53/h4,6,11-13,15-18,22-26,31-33,49-51H,5,7-10,14H2,1-3H3,(H10-,36,37,38,39,41,42,43,48,52,53,54,55,56,57,58,59,60,61,62,63)/t15-,16-,17-,18-,22-,23-,24-,25-,26-,31-,32-,33-/m1/s1. The van der Waals surface area contributed by atoms with Crippen LogP contribution in [0.15, 0.2) is 45.6 Å². The Morgan fingerprint density at radius 2 is 1.45 bits per heavy atom. The highest BCUT2D eigenvalue weighted by atomic mass is 31.3. The molecule has 0 amide bonds. The van der Waals surface area contributed by atoms with E-state index in [1.54, 1.807) is 0 Å². The third kappa shape index (κ3) is 12.7. The summed E-state index contributed by atoms with van der Waals surface area (Å²) in [5.74, 6) is -3.53. The summed E-state index contributed by atoms with van der Waals surface area (Å²) < 4.78 is 123. The van der Waals surface area contributed by atoms with Crippen molar-refractivity contribution in [1.29, 1.82) is 0 Å². The van der Waals surface area contributed by atoms with Crippen molar-refractivity contribution in [3.63, 3.8) is 0 Å². The molecule has 8 heterocycles. The van der Waals surface area contributed by atoms with Gasteiger partial charge in [0.25, 0.3) is 17.1 Å². The summed E-state index contributed by atoms with van der Waals surface area (Å²) in [6.45, 7) is -3.39. The van der Waals surface area contributed by atoms with Crippen LogP contribution in [0.3, 0.4) is 0 Å². The van der Waals surface area contributed by atoms with Crippen LogP contribution in [-0.2, 0) is 75.7 Å². The quantitative estimate of drug-likeness (QED) is 0.0220. The van der Waals surface area contributed by atoms with Gasteiger partial charge in [-0.15, -0.1) is 0 Å². The summed E-state index contributed by atoms with van der Waals surface area (Å²) in [7, 11) is -25.4. The average molecular weight is 1210 g/mol. The fourth-order valence-electron chi connectivity index (χ4n) is 9.00. The lowest BCUT2D eigenvalue weighted by Gasteiger charge is -2.35. The van der Waals surface area contributed by atoms with Crippen LogP contribution < -0.4 is 37.7 Å². The lowest BCUT2D eigenvalue weighted by Crippen LogP contribution is -2.45. The molecule has 5 aromatic heterocycles. The van der Waals surface area contributed by atoms with Crippen LogP contribution in [0.2, 0.25) is 0 Å². The summed E-state index contributed by atoms with van der Waals surface area (Å²) in [6.07, 6.45) is -12.1. The number of imidazole rings is 2. The normalized spacial score (nSPS) is 30.5. The first-order valence-electron chi connectivity index (χ1n) is 22.4. The number of anilines is 2. The van der Waals surface area contributed by atoms with Crippen molar-refractivity contribution in [2.75, 3.05) is 58.0 Å². The van der Waals surface area contributed by atoms with Crippen LogP contribution in [0.4, 0.5) is 11.8 Å². The zero-order chi connectivity index (χ0) is 57.0. The number of nitrogen functional groups attached to an aromatic ring is 2. The minimum absolute atomic E-state index is 0.00138. The van der Waals surface area contributed by atoms with E-state index in [2.05, 4.69) is 33.5 Å². The topological polar surface area (TPSA) is 547 Å². The van der Waals surface area contributed by atoms with E-state index in [0.29, 0.717) is 4.57 Å². The Bertz CT molecular complexity index is 3470. The molecule has 0 spiro atoms. The summed E-state index contributed by atoms with van der Waals surface area (Å²) in [5.41, 5.74) is 7.00. The van der Waals surface area contributed by atoms with Gasteiger partial charge in [0.2, 0.25) is 11.7 Å². The molecule has 0 bridgehead atoms. The largest absolute Gasteiger partial charge is 0.778 e. The van der Waals surface area contributed by atoms with Gasteiger partial charge >= 0.3 is 42.2 Å². The van der Waals surface area contributed by atoms with Gasteiger partial charge in [-0.1, -0.05) is 4.98 Å². The first kappa shape index (κ1) is 59.7. The molecule has 38 nitrogen and oxygen atoms in total. The number of aryl methyl sites for hydroxylation is 1. The second-order valence-electron chi connectivity index (χ2n) is 17.6. The number of nitrogens with one attached hydrogen (secondary N) is 2. The highest BCUT2D eigenvalue weighted by molar-refractivity contribution is 7.76. The number of aromatic amines is 2. The molecule has 5 aromatic rings. The molecule has 43 heteroatoms. The Morgan fingerprint density at radius 3 is 2.09 bits per heavy atom. The maximum Gasteiger partial charge on any atom is 0.479 e. The van der Waals surface area contributed by atoms with E-state index in [1.165, 1.54) is 29.6 Å². The van der Waals surface area contributed by atoms with Crippen LogP contribution in [0.1, 0.15) is 25.1 Å². The molecule has 0 radical (unpaired) electrons. The van der Waals surface area contributed by atoms with E-state index in [4.69, 9.17) is 48.7 Å². The number of rotatable bonds is 23. The van der Waals surface area contributed by atoms with E-state index in [1.807, 2.05) is 4.98 Å². The van der Waals surface area contributed by atoms with Gasteiger partial charge in [0.1, 0.15) is 50.0 Å². The van der Waals surface area contributed by atoms with Crippen LogP contribution in [-0.4, -0.2) is 173 Å². The van der Waals surface area contributed by atoms with Crippen molar-refractivity contribution >= 4 is 72.5 Å². The molecule has 13 N–H and O–H groups in total. The molecule has 5 unspecified atom stereocenters. The molecule has 3 aliphatic rings. The fraction of sp³-hybridized carbons (Fsp3) is 0.600. The summed E-state index contributed by atoms with van der Waals surface area (Å²) in [4.78, 5) is 113. The maximum absolute atomic E-state index is 14.2. The first-order chi connectivity index (χ1) is 36.5. The molecule has 8 rings (SSSR count). The highest BCUT2D eigenvalue weighted by Gasteiger charge is 2.55. The Balaban J connectivity index is 0.939. The van der Waals surface area contributed by atoms with Crippen molar-refractivity contribution in [3.8, 4) is 0 Å². The molecule has 17 atom stereocenters. The molecule has 3 fully saturated rings. The van der Waals surface area contributed by atoms with Crippen molar-refractivity contribution in [2.45, 2.75) is 73.5 Å². The van der Waals surface area contributed by atoms with Gasteiger partial charge < -0.3 is 84.0 Å². The van der Waals surface area contributed by atoms with Gasteiger partial charge in [0.05, 0.1) is 51.1 Å². The summed E-state index contributed by atoms with van der Waals surface area (Å²) >= 11 is 0. The average Bonchev–Trinajstić information content (AvgIpc) is 4.23. The van der Waals surface area contributed by atoms with Crippen LogP contribution in [0, 0.1) is 5.92 Å². The predicted octanol–water partition coefficient (Wildman–Crippen LogP) is -3.92. The smallest absolute Gasteiger partial charge is 0.479 e. The molecule has 432 valence electrons. The number of H-pyrrole nitrogens is 2. The fourth-order valence-corrected chi connectivity index (χ4v) is 17.5. The molecular weight excluding hydrogens is 1160 g/mol. The first-order valence-corrected chi connectivity index (χ1v) is 30.6. The zero-order valence-corrected chi connectivity index (χ0v) is 44.9. The Hall–Kier alpha value is -4.39. The van der Waals surface area contributed by atoms with Crippen LogP contribution in [0.25, 0.3) is 22.3 Å². The Labute approximate surface area is 435 Å². The predicted molar refractivity (Wildman–Crippen MR) is 253 cm³/mol. The molecule has 3 aliphatic heterocycles. The summed E-state index contributed by atoms with van der Waals surface area (Å²) in [6, 6.07) is 0.906. The third-order valence-corrected chi connectivity index (χ3v) is 21.7. The van der Waals surface area contributed by atoms with E-state index >= 15 is 0 Å². The van der Waals surface area contributed by atoms with Gasteiger partial charge in [0, 0.05) is 39.0 Å². The van der Waals surface area contributed by atoms with Gasteiger partial charge in [-0.05, 0) is 6.42 Å². The molecule has 0 saturated carbocycles. The lowest BCUT2D eigenvalue weighted by molar-refractivity contribution is -0.745. The minimum atomic E-state index is -6.02. The minimum Gasteiger partial charge on any atom is -0.778 e. The van der Waals surface area contributed by atoms with Crippen molar-refractivity contribution in [1.82, 2.24) is 43.6 Å². The van der Waals surface area contributed by atoms with Crippen LogP contribution in [0.5, 0.6) is 0 Å². The number of nitrogens with zero attached hydrogens (tertiary/aromatic N) is 8. The second kappa shape index (κ2) is 22.9. The number of aliphatic hydroxyl groups is 3. The monoisotopic (exact) mass is 1210 g/mol. The van der Waals surface area contributed by atoms with Crippen LogP contribution >= 0.6 is 38.4 Å². The Morgan fingerprint density at radius 1 is 0.808 bits per heavy atom. The number of ether oxygens (including phenoxy) is 5. The number of hydrogen-bond acceptors (Lipinski definition) is 28. The number of nitrogens with two attached hydrogens (primary N) is 2. The maximum atomic E-state index is 14.2. The van der Waals surface area contributed by atoms with E-state index < -0.39 is 154 Å². The third-order valence-electron chi connectivity index (χ3n) is 12.4. The Kier molecular flexibility index (Phi) is 17.5. The number of phosphoric acid groups is 2. The van der Waals surface area contributed by atoms with Crippen molar-refractivity contribution in [2.24, 2.45) is 13.0 Å². The molecule has 78 heavy (non-hydrogen) atoms. The number of phosphoric ester groups is 2. The molecule has 3 saturated heterocycles. The van der Waals surface area contributed by atoms with Gasteiger partial charge in [0.15, 0.2) is 36.2 Å². The van der Waals surface area contributed by atoms with Gasteiger partial charge in [-0.2, -0.15) is 0 Å². The lowest BCUT2D eigenvalue weighted by atomic mass is 9.95. The summed E-state index contributed by atoms with van der Waals surface area (Å²) in [5, 5.41) is 32.8. The zero-order valence-electron chi connectivity index (χ0n) is 40.4. The van der Waals surface area contributed by atoms with E-state index in [0.717, 1.165) is 36.6 Å². The SMILES string of the molecule is COCC[C@H]1[C@@H](O)[C@H]([n+]2cn(C)c3c(=O)[nH]c(N)nc32)O[C@@H]1COP(=O)(O)OP(=O)(O)CP(=O)(O)OP(=O)(O)OC[C@H]1O[C@@H](n2cnc3c(N)ncnc32)[C@H](OC)[C@@H]1P(=O)([O-])OC[C@H]1O[C@@H](n2ccc(=O)[nH]c2=O)[C@H](O)[C@@H]1O. The van der Waals surface area contributed by atoms with Crippen molar-refractivity contribution < 1.29 is 113 Å². The van der Waals surface area contributed by atoms with Crippen molar-refractivity contribution in [3.05, 3.63) is 62.4 Å². The molecule has 0 aromatic carbocycles.